The number of allylic oxidation sites excluding steroid dienone is 1. The minimum atomic E-state index is -0.00583. The molecule has 0 spiro atoms. The fraction of sp³-hybridized carbons (Fsp3) is 0.667. The zero-order valence-electron chi connectivity index (χ0n) is 7.72. The van der Waals surface area contributed by atoms with Gasteiger partial charge in [0, 0.05) is 6.04 Å². The predicted octanol–water partition coefficient (Wildman–Crippen LogP) is 1.72. The Hall–Kier alpha value is -0.790. The highest BCUT2D eigenvalue weighted by molar-refractivity contribution is 5.87. The van der Waals surface area contributed by atoms with Gasteiger partial charge in [0.2, 0.25) is 5.91 Å². The zero-order valence-corrected chi connectivity index (χ0v) is 7.72. The van der Waals surface area contributed by atoms with Crippen molar-refractivity contribution in [1.29, 1.82) is 0 Å². The van der Waals surface area contributed by atoms with Gasteiger partial charge in [-0.25, -0.2) is 0 Å². The van der Waals surface area contributed by atoms with Gasteiger partial charge in [0.1, 0.15) is 0 Å². The second-order valence-corrected chi connectivity index (χ2v) is 3.27. The van der Waals surface area contributed by atoms with Crippen LogP contribution in [0.1, 0.15) is 27.7 Å². The Bertz CT molecular complexity index is 148. The van der Waals surface area contributed by atoms with E-state index in [0.717, 1.165) is 0 Å². The van der Waals surface area contributed by atoms with Crippen LogP contribution in [0.5, 0.6) is 0 Å². The van der Waals surface area contributed by atoms with Crippen LogP contribution >= 0.6 is 0 Å². The maximum atomic E-state index is 11.0. The van der Waals surface area contributed by atoms with Gasteiger partial charge in [0.25, 0.3) is 0 Å². The van der Waals surface area contributed by atoms with Gasteiger partial charge in [-0.15, -0.1) is 0 Å². The van der Waals surface area contributed by atoms with Crippen molar-refractivity contribution < 1.29 is 4.79 Å². The molecule has 0 aromatic heterocycles. The monoisotopic (exact) mass is 155 g/mol. The topological polar surface area (TPSA) is 29.1 Å². The second-order valence-electron chi connectivity index (χ2n) is 3.27. The first-order valence-electron chi connectivity index (χ1n) is 4.01. The van der Waals surface area contributed by atoms with E-state index in [-0.39, 0.29) is 11.9 Å². The van der Waals surface area contributed by atoms with Crippen molar-refractivity contribution in [3.8, 4) is 0 Å². The van der Waals surface area contributed by atoms with Crippen molar-refractivity contribution in [1.82, 2.24) is 5.32 Å². The zero-order chi connectivity index (χ0) is 8.85. The molecular weight excluding hydrogens is 138 g/mol. The SMILES string of the molecule is CC(C)C=CC(=O)NC(C)C. The van der Waals surface area contributed by atoms with E-state index in [2.05, 4.69) is 5.32 Å². The first kappa shape index (κ1) is 10.2. The number of carbonyl (C=O) groups excluding carboxylic acids is 1. The van der Waals surface area contributed by atoms with E-state index in [4.69, 9.17) is 0 Å². The van der Waals surface area contributed by atoms with Crippen molar-refractivity contribution in [3.63, 3.8) is 0 Å². The van der Waals surface area contributed by atoms with E-state index in [1.54, 1.807) is 6.08 Å². The molecule has 2 heteroatoms. The Morgan fingerprint density at radius 2 is 1.82 bits per heavy atom. The number of hydrogen-bond donors (Lipinski definition) is 1. The summed E-state index contributed by atoms with van der Waals surface area (Å²) in [6, 6.07) is 0.222. The van der Waals surface area contributed by atoms with Crippen LogP contribution < -0.4 is 5.32 Å². The molecule has 0 radical (unpaired) electrons. The van der Waals surface area contributed by atoms with Crippen LogP contribution in [-0.4, -0.2) is 11.9 Å². The van der Waals surface area contributed by atoms with Crippen molar-refractivity contribution >= 4 is 5.91 Å². The smallest absolute Gasteiger partial charge is 0.243 e. The maximum Gasteiger partial charge on any atom is 0.243 e. The molecule has 0 atom stereocenters. The van der Waals surface area contributed by atoms with Gasteiger partial charge in [-0.3, -0.25) is 4.79 Å². The quantitative estimate of drug-likeness (QED) is 0.618. The van der Waals surface area contributed by atoms with Crippen LogP contribution in [0, 0.1) is 5.92 Å². The lowest BCUT2D eigenvalue weighted by Crippen LogP contribution is -2.28. The molecular formula is C9H17NO. The molecule has 0 aliphatic carbocycles. The number of rotatable bonds is 3. The van der Waals surface area contributed by atoms with E-state index in [1.807, 2.05) is 33.8 Å². The van der Waals surface area contributed by atoms with Crippen LogP contribution in [0.3, 0.4) is 0 Å². The van der Waals surface area contributed by atoms with Crippen LogP contribution in [0.15, 0.2) is 12.2 Å². The molecule has 0 rings (SSSR count). The molecule has 1 amide bonds. The molecule has 0 aliphatic rings. The normalized spacial score (nSPS) is 11.5. The minimum Gasteiger partial charge on any atom is -0.350 e. The largest absolute Gasteiger partial charge is 0.350 e. The highest BCUT2D eigenvalue weighted by atomic mass is 16.1. The minimum absolute atomic E-state index is 0.00583. The molecule has 0 heterocycles. The lowest BCUT2D eigenvalue weighted by Gasteiger charge is -2.04. The van der Waals surface area contributed by atoms with Crippen LogP contribution in [-0.2, 0) is 4.79 Å². The number of amides is 1. The predicted molar refractivity (Wildman–Crippen MR) is 47.3 cm³/mol. The van der Waals surface area contributed by atoms with Gasteiger partial charge in [-0.05, 0) is 25.8 Å². The Morgan fingerprint density at radius 3 is 2.18 bits per heavy atom. The molecule has 0 saturated heterocycles. The summed E-state index contributed by atoms with van der Waals surface area (Å²) in [4.78, 5) is 11.0. The fourth-order valence-electron chi connectivity index (χ4n) is 0.612. The number of nitrogens with one attached hydrogen (secondary N) is 1. The summed E-state index contributed by atoms with van der Waals surface area (Å²) in [7, 11) is 0. The molecule has 0 aliphatic heterocycles. The standard InChI is InChI=1S/C9H17NO/c1-7(2)5-6-9(11)10-8(3)4/h5-8H,1-4H3,(H,10,11). The average Bonchev–Trinajstić information content (AvgIpc) is 1.82. The van der Waals surface area contributed by atoms with Crippen LogP contribution in [0.2, 0.25) is 0 Å². The third-order valence-electron chi connectivity index (χ3n) is 1.06. The first-order valence-corrected chi connectivity index (χ1v) is 4.01. The van der Waals surface area contributed by atoms with Crippen molar-refractivity contribution in [2.24, 2.45) is 5.92 Å². The van der Waals surface area contributed by atoms with Gasteiger partial charge < -0.3 is 5.32 Å². The lowest BCUT2D eigenvalue weighted by atomic mass is 10.2. The number of hydrogen-bond acceptors (Lipinski definition) is 1. The highest BCUT2D eigenvalue weighted by Gasteiger charge is 1.96. The van der Waals surface area contributed by atoms with Crippen molar-refractivity contribution in [2.75, 3.05) is 0 Å². The molecule has 0 aromatic rings. The summed E-state index contributed by atoms with van der Waals surface area (Å²) in [5, 5.41) is 2.77. The van der Waals surface area contributed by atoms with Crippen LogP contribution in [0.25, 0.3) is 0 Å². The summed E-state index contributed by atoms with van der Waals surface area (Å²) in [6.07, 6.45) is 3.47. The van der Waals surface area contributed by atoms with Gasteiger partial charge in [0.15, 0.2) is 0 Å². The molecule has 2 nitrogen and oxygen atoms in total. The molecule has 0 fully saturated rings. The summed E-state index contributed by atoms with van der Waals surface area (Å²) >= 11 is 0. The van der Waals surface area contributed by atoms with Gasteiger partial charge in [0.05, 0.1) is 0 Å². The van der Waals surface area contributed by atoms with Gasteiger partial charge in [-0.1, -0.05) is 19.9 Å². The van der Waals surface area contributed by atoms with E-state index in [1.165, 1.54) is 0 Å². The third-order valence-corrected chi connectivity index (χ3v) is 1.06. The molecule has 11 heavy (non-hydrogen) atoms. The maximum absolute atomic E-state index is 11.0. The van der Waals surface area contributed by atoms with Crippen molar-refractivity contribution in [3.05, 3.63) is 12.2 Å². The van der Waals surface area contributed by atoms with Crippen LogP contribution in [0.4, 0.5) is 0 Å². The Balaban J connectivity index is 3.69. The summed E-state index contributed by atoms with van der Waals surface area (Å²) in [5.41, 5.74) is 0. The highest BCUT2D eigenvalue weighted by Crippen LogP contribution is 1.92. The molecule has 64 valence electrons. The van der Waals surface area contributed by atoms with E-state index in [0.29, 0.717) is 5.92 Å². The third kappa shape index (κ3) is 7.10. The average molecular weight is 155 g/mol. The van der Waals surface area contributed by atoms with E-state index >= 15 is 0 Å². The Morgan fingerprint density at radius 1 is 1.27 bits per heavy atom. The van der Waals surface area contributed by atoms with Gasteiger partial charge >= 0.3 is 0 Å². The number of carbonyl (C=O) groups is 1. The molecule has 0 bridgehead atoms. The Labute approximate surface area is 68.7 Å². The molecule has 0 aromatic carbocycles. The summed E-state index contributed by atoms with van der Waals surface area (Å²) < 4.78 is 0. The fourth-order valence-corrected chi connectivity index (χ4v) is 0.612. The van der Waals surface area contributed by atoms with Gasteiger partial charge in [-0.2, -0.15) is 0 Å². The lowest BCUT2D eigenvalue weighted by molar-refractivity contribution is -0.117. The second kappa shape index (κ2) is 4.94. The summed E-state index contributed by atoms with van der Waals surface area (Å²) in [5.74, 6) is 0.432. The van der Waals surface area contributed by atoms with Crippen molar-refractivity contribution in [2.45, 2.75) is 33.7 Å². The molecule has 0 saturated carbocycles. The molecule has 0 unspecified atom stereocenters. The summed E-state index contributed by atoms with van der Waals surface area (Å²) in [6.45, 7) is 7.97. The first-order chi connectivity index (χ1) is 5.02. The van der Waals surface area contributed by atoms with E-state index in [9.17, 15) is 4.79 Å². The molecule has 1 N–H and O–H groups in total. The Kier molecular flexibility index (Phi) is 4.59. The van der Waals surface area contributed by atoms with E-state index < -0.39 is 0 Å².